The van der Waals surface area contributed by atoms with E-state index in [0.717, 1.165) is 40.9 Å². The van der Waals surface area contributed by atoms with E-state index in [4.69, 9.17) is 0 Å². The fourth-order valence-electron chi connectivity index (χ4n) is 4.51. The molecule has 0 saturated carbocycles. The molecule has 154 valence electrons. The van der Waals surface area contributed by atoms with Gasteiger partial charge in [0.15, 0.2) is 0 Å². The Morgan fingerprint density at radius 3 is 3.07 bits per heavy atom. The molecule has 29 heavy (non-hydrogen) atoms. The number of halogens is 1. The summed E-state index contributed by atoms with van der Waals surface area (Å²) in [5.74, 6) is 0.347. The van der Waals surface area contributed by atoms with Crippen molar-refractivity contribution in [2.24, 2.45) is 5.92 Å². The van der Waals surface area contributed by atoms with Crippen molar-refractivity contribution in [2.45, 2.75) is 31.7 Å². The maximum absolute atomic E-state index is 13.0. The Morgan fingerprint density at radius 2 is 2.24 bits per heavy atom. The molecule has 5 heterocycles. The predicted octanol–water partition coefficient (Wildman–Crippen LogP) is 1.29. The van der Waals surface area contributed by atoms with Crippen LogP contribution < -0.4 is 16.2 Å². The summed E-state index contributed by atoms with van der Waals surface area (Å²) in [5.41, 5.74) is 1.77. The van der Waals surface area contributed by atoms with Gasteiger partial charge in [0, 0.05) is 49.7 Å². The molecule has 3 aromatic rings. The minimum absolute atomic E-state index is 0. The SMILES string of the molecule is Cc1nn2cc(CCNC(=O)[C@H]3[C@@H]4CNC[C@@H](C4)c4cccc(=O)n43)nc2s1.Cl. The van der Waals surface area contributed by atoms with Crippen molar-refractivity contribution in [3.63, 3.8) is 0 Å². The Labute approximate surface area is 177 Å². The van der Waals surface area contributed by atoms with Gasteiger partial charge >= 0.3 is 0 Å². The number of nitrogens with zero attached hydrogens (tertiary/aromatic N) is 4. The second-order valence-corrected chi connectivity index (χ2v) is 8.74. The predicted molar refractivity (Wildman–Crippen MR) is 113 cm³/mol. The molecule has 1 fully saturated rings. The van der Waals surface area contributed by atoms with Gasteiger partial charge < -0.3 is 10.6 Å². The Bertz CT molecular complexity index is 1070. The molecule has 1 saturated heterocycles. The molecule has 0 spiro atoms. The Balaban J connectivity index is 0.00000205. The summed E-state index contributed by atoms with van der Waals surface area (Å²) in [7, 11) is 0. The highest BCUT2D eigenvalue weighted by atomic mass is 35.5. The molecule has 0 radical (unpaired) electrons. The highest BCUT2D eigenvalue weighted by Gasteiger charge is 2.41. The lowest BCUT2D eigenvalue weighted by atomic mass is 9.79. The number of aromatic nitrogens is 4. The normalized spacial score (nSPS) is 22.7. The first-order chi connectivity index (χ1) is 13.6. The number of nitrogens with one attached hydrogen (secondary N) is 2. The number of imidazole rings is 1. The molecule has 0 aliphatic carbocycles. The summed E-state index contributed by atoms with van der Waals surface area (Å²) in [6.45, 7) is 4.06. The summed E-state index contributed by atoms with van der Waals surface area (Å²) >= 11 is 1.55. The van der Waals surface area contributed by atoms with Gasteiger partial charge in [0.2, 0.25) is 10.9 Å². The average Bonchev–Trinajstić information content (AvgIpc) is 3.20. The molecule has 5 rings (SSSR count). The highest BCUT2D eigenvalue weighted by Crippen LogP contribution is 2.38. The number of rotatable bonds is 4. The van der Waals surface area contributed by atoms with Crippen LogP contribution in [0.15, 0.2) is 29.2 Å². The van der Waals surface area contributed by atoms with Crippen molar-refractivity contribution in [3.8, 4) is 0 Å². The molecular weight excluding hydrogens is 412 g/mol. The van der Waals surface area contributed by atoms with Crippen LogP contribution in [-0.2, 0) is 11.2 Å². The quantitative estimate of drug-likeness (QED) is 0.645. The molecule has 2 aliphatic rings. The van der Waals surface area contributed by atoms with Crippen molar-refractivity contribution in [2.75, 3.05) is 19.6 Å². The number of hydrogen-bond acceptors (Lipinski definition) is 6. The van der Waals surface area contributed by atoms with Crippen LogP contribution in [0, 0.1) is 12.8 Å². The van der Waals surface area contributed by atoms with Gasteiger partial charge in [-0.05, 0) is 19.4 Å². The smallest absolute Gasteiger partial charge is 0.251 e. The van der Waals surface area contributed by atoms with Gasteiger partial charge in [-0.15, -0.1) is 12.4 Å². The van der Waals surface area contributed by atoms with E-state index in [2.05, 4.69) is 20.7 Å². The first-order valence-corrected chi connectivity index (χ1v) is 10.4. The highest BCUT2D eigenvalue weighted by molar-refractivity contribution is 7.16. The van der Waals surface area contributed by atoms with E-state index in [9.17, 15) is 9.59 Å². The molecule has 2 bridgehead atoms. The summed E-state index contributed by atoms with van der Waals surface area (Å²) < 4.78 is 3.50. The van der Waals surface area contributed by atoms with Gasteiger partial charge in [-0.25, -0.2) is 9.50 Å². The van der Waals surface area contributed by atoms with E-state index in [1.54, 1.807) is 32.6 Å². The lowest BCUT2D eigenvalue weighted by molar-refractivity contribution is -0.126. The van der Waals surface area contributed by atoms with Crippen LogP contribution in [0.4, 0.5) is 0 Å². The molecular formula is C19H23ClN6O2S. The van der Waals surface area contributed by atoms with Gasteiger partial charge in [0.25, 0.3) is 5.56 Å². The van der Waals surface area contributed by atoms with Crippen molar-refractivity contribution in [3.05, 3.63) is 51.1 Å². The van der Waals surface area contributed by atoms with Gasteiger partial charge in [-0.2, -0.15) is 5.10 Å². The third-order valence-corrected chi connectivity index (χ3v) is 6.53. The van der Waals surface area contributed by atoms with E-state index < -0.39 is 6.04 Å². The van der Waals surface area contributed by atoms with Crippen molar-refractivity contribution >= 4 is 34.6 Å². The van der Waals surface area contributed by atoms with Crippen molar-refractivity contribution in [1.82, 2.24) is 29.8 Å². The molecule has 8 nitrogen and oxygen atoms in total. The molecule has 2 aliphatic heterocycles. The van der Waals surface area contributed by atoms with Gasteiger partial charge in [-0.1, -0.05) is 17.4 Å². The summed E-state index contributed by atoms with van der Waals surface area (Å²) in [4.78, 5) is 31.0. The second-order valence-electron chi connectivity index (χ2n) is 7.58. The Hall–Kier alpha value is -2.23. The third kappa shape index (κ3) is 3.58. The van der Waals surface area contributed by atoms with Gasteiger partial charge in [0.05, 0.1) is 11.9 Å². The zero-order valence-electron chi connectivity index (χ0n) is 16.0. The van der Waals surface area contributed by atoms with Crippen LogP contribution in [0.5, 0.6) is 0 Å². The van der Waals surface area contributed by atoms with E-state index in [1.807, 2.05) is 19.2 Å². The van der Waals surface area contributed by atoms with Crippen LogP contribution in [0.25, 0.3) is 4.96 Å². The first-order valence-electron chi connectivity index (χ1n) is 9.62. The minimum atomic E-state index is -0.456. The average molecular weight is 435 g/mol. The molecule has 0 unspecified atom stereocenters. The number of hydrogen-bond donors (Lipinski definition) is 2. The van der Waals surface area contributed by atoms with Gasteiger partial charge in [-0.3, -0.25) is 14.2 Å². The largest absolute Gasteiger partial charge is 0.354 e. The fraction of sp³-hybridized carbons (Fsp3) is 0.474. The third-order valence-electron chi connectivity index (χ3n) is 5.69. The number of amides is 1. The van der Waals surface area contributed by atoms with Crippen LogP contribution in [0.3, 0.4) is 0 Å². The fourth-order valence-corrected chi connectivity index (χ4v) is 5.26. The number of carbonyl (C=O) groups is 1. The van der Waals surface area contributed by atoms with Crippen LogP contribution >= 0.6 is 23.7 Å². The maximum atomic E-state index is 13.0. The zero-order valence-corrected chi connectivity index (χ0v) is 17.6. The number of fused-ring (bicyclic) bond motifs is 5. The van der Waals surface area contributed by atoms with Gasteiger partial charge in [0.1, 0.15) is 11.0 Å². The van der Waals surface area contributed by atoms with Crippen molar-refractivity contribution < 1.29 is 4.79 Å². The van der Waals surface area contributed by atoms with E-state index in [-0.39, 0.29) is 29.8 Å². The topological polar surface area (TPSA) is 93.3 Å². The minimum Gasteiger partial charge on any atom is -0.354 e. The molecule has 1 amide bonds. The zero-order chi connectivity index (χ0) is 19.3. The van der Waals surface area contributed by atoms with Crippen LogP contribution in [0.1, 0.15) is 34.8 Å². The van der Waals surface area contributed by atoms with E-state index in [0.29, 0.717) is 18.9 Å². The second kappa shape index (κ2) is 7.89. The number of carbonyl (C=O) groups excluding carboxylic acids is 1. The lowest BCUT2D eigenvalue weighted by Crippen LogP contribution is -2.52. The van der Waals surface area contributed by atoms with Crippen molar-refractivity contribution in [1.29, 1.82) is 0 Å². The van der Waals surface area contributed by atoms with Crippen LogP contribution in [-0.4, -0.2) is 44.7 Å². The number of aryl methyl sites for hydroxylation is 1. The Morgan fingerprint density at radius 1 is 1.38 bits per heavy atom. The molecule has 3 atom stereocenters. The first kappa shape index (κ1) is 20.1. The van der Waals surface area contributed by atoms with Crippen LogP contribution in [0.2, 0.25) is 0 Å². The number of pyridine rings is 1. The molecule has 0 aromatic carbocycles. The van der Waals surface area contributed by atoms with E-state index in [1.165, 1.54) is 0 Å². The summed E-state index contributed by atoms with van der Waals surface area (Å²) in [6.07, 6.45) is 3.48. The van der Waals surface area contributed by atoms with E-state index >= 15 is 0 Å². The standard InChI is InChI=1S/C19H22N6O2S.ClH/c1-11-23-24-10-14(22-19(24)28-11)5-6-21-18(27)17-13-7-12(8-20-9-13)15-3-2-4-16(26)25(15)17;/h2-4,10,12-13,17,20H,5-9H2,1H3,(H,21,27);1H/t12-,13+,17-;/m1./s1. The summed E-state index contributed by atoms with van der Waals surface area (Å²) in [5, 5.41) is 11.8. The lowest BCUT2D eigenvalue weighted by Gasteiger charge is -2.42. The molecule has 10 heteroatoms. The number of piperidine rings is 1. The Kier molecular flexibility index (Phi) is 5.46. The molecule has 3 aromatic heterocycles. The monoisotopic (exact) mass is 434 g/mol. The summed E-state index contributed by atoms with van der Waals surface area (Å²) in [6, 6.07) is 4.86. The molecule has 2 N–H and O–H groups in total. The maximum Gasteiger partial charge on any atom is 0.251 e.